The van der Waals surface area contributed by atoms with Crippen LogP contribution in [0.5, 0.6) is 0 Å². The molecule has 4 heterocycles. The molecule has 0 aliphatic carbocycles. The summed E-state index contributed by atoms with van der Waals surface area (Å²) in [5.74, 6) is 0.777. The summed E-state index contributed by atoms with van der Waals surface area (Å²) in [6.45, 7) is 2.15. The van der Waals surface area contributed by atoms with Gasteiger partial charge >= 0.3 is 5.70 Å². The maximum absolute atomic E-state index is 12.1. The van der Waals surface area contributed by atoms with Gasteiger partial charge in [-0.3, -0.25) is 10.1 Å². The molecule has 28 heavy (non-hydrogen) atoms. The number of pyridine rings is 1. The van der Waals surface area contributed by atoms with Crippen molar-refractivity contribution in [1.29, 1.82) is 0 Å². The number of fused-ring (bicyclic) bond motifs is 4. The van der Waals surface area contributed by atoms with Crippen LogP contribution in [-0.4, -0.2) is 45.0 Å². The third kappa shape index (κ3) is 2.69. The summed E-state index contributed by atoms with van der Waals surface area (Å²) in [4.78, 5) is 22.7. The van der Waals surface area contributed by atoms with Gasteiger partial charge in [0.15, 0.2) is 5.82 Å². The van der Waals surface area contributed by atoms with Gasteiger partial charge in [-0.2, -0.15) is 0 Å². The fraction of sp³-hybridized carbons (Fsp3) is 0.350. The maximum Gasteiger partial charge on any atom is 0.308 e. The summed E-state index contributed by atoms with van der Waals surface area (Å²) in [6.07, 6.45) is 3.63. The number of nitro groups is 1. The second-order valence-corrected chi connectivity index (χ2v) is 7.77. The van der Waals surface area contributed by atoms with Gasteiger partial charge in [0, 0.05) is 31.5 Å². The summed E-state index contributed by atoms with van der Waals surface area (Å²) >= 11 is 5.89. The normalized spacial score (nSPS) is 23.4. The van der Waals surface area contributed by atoms with Gasteiger partial charge in [-0.1, -0.05) is 35.9 Å². The second-order valence-electron chi connectivity index (χ2n) is 7.39. The molecule has 2 unspecified atom stereocenters. The molecule has 0 amide bonds. The van der Waals surface area contributed by atoms with Crippen molar-refractivity contribution in [3.05, 3.63) is 81.0 Å². The first-order valence-corrected chi connectivity index (χ1v) is 9.85. The SMILES string of the molecule is O=[N+]([O-])C1=C2N(Cc3ccc(Cl)nc3)CCN2C2CCC1N2c1ccccc1. The van der Waals surface area contributed by atoms with Gasteiger partial charge in [-0.05, 0) is 36.6 Å². The van der Waals surface area contributed by atoms with Gasteiger partial charge < -0.3 is 14.7 Å². The molecule has 2 atom stereocenters. The third-order valence-electron chi connectivity index (χ3n) is 5.86. The highest BCUT2D eigenvalue weighted by molar-refractivity contribution is 6.29. The van der Waals surface area contributed by atoms with E-state index >= 15 is 0 Å². The van der Waals surface area contributed by atoms with Gasteiger partial charge in [0.2, 0.25) is 0 Å². The molecule has 7 nitrogen and oxygen atoms in total. The van der Waals surface area contributed by atoms with E-state index in [4.69, 9.17) is 11.6 Å². The van der Waals surface area contributed by atoms with E-state index in [-0.39, 0.29) is 17.1 Å². The Morgan fingerprint density at radius 3 is 2.68 bits per heavy atom. The second kappa shape index (κ2) is 6.67. The number of aromatic nitrogens is 1. The lowest BCUT2D eigenvalue weighted by atomic mass is 10.1. The zero-order chi connectivity index (χ0) is 19.3. The molecular formula is C20H20ClN5O2. The first-order valence-electron chi connectivity index (χ1n) is 9.47. The van der Waals surface area contributed by atoms with Crippen molar-refractivity contribution in [2.24, 2.45) is 0 Å². The first-order chi connectivity index (χ1) is 13.6. The van der Waals surface area contributed by atoms with Crippen molar-refractivity contribution in [2.75, 3.05) is 18.0 Å². The molecule has 0 N–H and O–H groups in total. The van der Waals surface area contributed by atoms with Crippen LogP contribution in [0.3, 0.4) is 0 Å². The van der Waals surface area contributed by atoms with Gasteiger partial charge in [0.1, 0.15) is 17.4 Å². The number of hydrogen-bond donors (Lipinski definition) is 0. The molecule has 0 spiro atoms. The van der Waals surface area contributed by atoms with E-state index in [1.807, 2.05) is 36.4 Å². The van der Waals surface area contributed by atoms with Crippen LogP contribution in [0.15, 0.2) is 60.2 Å². The van der Waals surface area contributed by atoms with Gasteiger partial charge in [0.25, 0.3) is 0 Å². The number of para-hydroxylation sites is 1. The van der Waals surface area contributed by atoms with E-state index in [1.54, 1.807) is 12.3 Å². The Morgan fingerprint density at radius 2 is 1.96 bits per heavy atom. The maximum atomic E-state index is 12.1. The standard InChI is InChI=1S/C20H20ClN5O2/c21-17-8-6-14(12-22-17)13-23-10-11-24-18-9-7-16(19(20(23)24)26(27)28)25(18)15-4-2-1-3-5-15/h1-6,8,12,16,18H,7,9-11,13H2. The highest BCUT2D eigenvalue weighted by Gasteiger charge is 2.54. The van der Waals surface area contributed by atoms with E-state index in [0.717, 1.165) is 43.0 Å². The minimum Gasteiger partial charge on any atom is -0.347 e. The van der Waals surface area contributed by atoms with E-state index in [2.05, 4.69) is 19.7 Å². The number of halogens is 1. The van der Waals surface area contributed by atoms with E-state index in [1.165, 1.54) is 0 Å². The van der Waals surface area contributed by atoms with E-state index < -0.39 is 0 Å². The Labute approximate surface area is 168 Å². The number of benzene rings is 1. The fourth-order valence-corrected chi connectivity index (χ4v) is 4.88. The molecule has 0 radical (unpaired) electrons. The number of rotatable bonds is 4. The molecule has 8 heteroatoms. The summed E-state index contributed by atoms with van der Waals surface area (Å²) in [5.41, 5.74) is 2.37. The van der Waals surface area contributed by atoms with E-state index in [0.29, 0.717) is 17.4 Å². The summed E-state index contributed by atoms with van der Waals surface area (Å²) in [7, 11) is 0. The molecule has 2 fully saturated rings. The summed E-state index contributed by atoms with van der Waals surface area (Å²) in [5, 5.41) is 12.6. The predicted octanol–water partition coefficient (Wildman–Crippen LogP) is 3.31. The van der Waals surface area contributed by atoms with Crippen LogP contribution in [-0.2, 0) is 6.54 Å². The first kappa shape index (κ1) is 17.3. The van der Waals surface area contributed by atoms with E-state index in [9.17, 15) is 10.1 Å². The Balaban J connectivity index is 1.54. The Bertz CT molecular complexity index is 933. The van der Waals surface area contributed by atoms with Gasteiger partial charge in [0.05, 0.1) is 4.92 Å². The van der Waals surface area contributed by atoms with Gasteiger partial charge in [-0.15, -0.1) is 0 Å². The lowest BCUT2D eigenvalue weighted by Crippen LogP contribution is -2.53. The molecule has 144 valence electrons. The molecule has 1 aromatic carbocycles. The summed E-state index contributed by atoms with van der Waals surface area (Å²) in [6, 6.07) is 13.5. The minimum absolute atomic E-state index is 0.166. The Kier molecular flexibility index (Phi) is 4.12. The molecule has 5 rings (SSSR count). The number of nitrogens with zero attached hydrogens (tertiary/aromatic N) is 5. The lowest BCUT2D eigenvalue weighted by Gasteiger charge is -2.42. The largest absolute Gasteiger partial charge is 0.347 e. The molecule has 0 saturated carbocycles. The monoisotopic (exact) mass is 397 g/mol. The summed E-state index contributed by atoms with van der Waals surface area (Å²) < 4.78 is 0. The molecule has 3 aliphatic rings. The highest BCUT2D eigenvalue weighted by atomic mass is 35.5. The molecule has 1 aromatic heterocycles. The average molecular weight is 398 g/mol. The van der Waals surface area contributed by atoms with Crippen LogP contribution in [0.25, 0.3) is 0 Å². The van der Waals surface area contributed by atoms with Crippen LogP contribution in [0.2, 0.25) is 5.15 Å². The van der Waals surface area contributed by atoms with Gasteiger partial charge in [-0.25, -0.2) is 4.98 Å². The molecule has 2 aromatic rings. The van der Waals surface area contributed by atoms with Crippen LogP contribution in [0.1, 0.15) is 18.4 Å². The van der Waals surface area contributed by atoms with Crippen molar-refractivity contribution in [1.82, 2.24) is 14.8 Å². The number of hydrogen-bond acceptors (Lipinski definition) is 6. The van der Waals surface area contributed by atoms with Crippen molar-refractivity contribution >= 4 is 17.3 Å². The fourth-order valence-electron chi connectivity index (χ4n) is 4.77. The van der Waals surface area contributed by atoms with Crippen molar-refractivity contribution < 1.29 is 4.92 Å². The Morgan fingerprint density at radius 1 is 1.14 bits per heavy atom. The minimum atomic E-state index is -0.197. The highest BCUT2D eigenvalue weighted by Crippen LogP contribution is 2.45. The quantitative estimate of drug-likeness (QED) is 0.448. The van der Waals surface area contributed by atoms with Crippen molar-refractivity contribution in [3.8, 4) is 0 Å². The third-order valence-corrected chi connectivity index (χ3v) is 6.08. The topological polar surface area (TPSA) is 65.8 Å². The molecule has 2 saturated heterocycles. The molecular weight excluding hydrogens is 378 g/mol. The smallest absolute Gasteiger partial charge is 0.308 e. The predicted molar refractivity (Wildman–Crippen MR) is 106 cm³/mol. The van der Waals surface area contributed by atoms with Crippen molar-refractivity contribution in [3.63, 3.8) is 0 Å². The zero-order valence-electron chi connectivity index (χ0n) is 15.2. The van der Waals surface area contributed by atoms with Crippen LogP contribution in [0.4, 0.5) is 5.69 Å². The van der Waals surface area contributed by atoms with Crippen LogP contribution >= 0.6 is 11.6 Å². The average Bonchev–Trinajstić information content (AvgIpc) is 3.26. The Hall–Kier alpha value is -2.80. The van der Waals surface area contributed by atoms with Crippen molar-refractivity contribution in [2.45, 2.75) is 31.6 Å². The number of anilines is 1. The van der Waals surface area contributed by atoms with Crippen LogP contribution in [0, 0.1) is 10.1 Å². The molecule has 2 bridgehead atoms. The zero-order valence-corrected chi connectivity index (χ0v) is 16.0. The lowest BCUT2D eigenvalue weighted by molar-refractivity contribution is -0.433. The van der Waals surface area contributed by atoms with Crippen LogP contribution < -0.4 is 4.90 Å². The molecule has 3 aliphatic heterocycles.